The van der Waals surface area contributed by atoms with Crippen molar-refractivity contribution < 1.29 is 14.4 Å². The molecule has 2 aliphatic rings. The predicted molar refractivity (Wildman–Crippen MR) is 87.0 cm³/mol. The highest BCUT2D eigenvalue weighted by Gasteiger charge is 2.34. The summed E-state index contributed by atoms with van der Waals surface area (Å²) < 4.78 is 5.34. The van der Waals surface area contributed by atoms with E-state index >= 15 is 0 Å². The Balaban J connectivity index is 1.75. The smallest absolute Gasteiger partial charge is 0.408 e. The number of hydrogen-bond donors (Lipinski definition) is 1. The maximum Gasteiger partial charge on any atom is 0.408 e. The van der Waals surface area contributed by atoms with Gasteiger partial charge in [-0.05, 0) is 79.1 Å². The van der Waals surface area contributed by atoms with Crippen LogP contribution in [0.15, 0.2) is 5.16 Å². The molecule has 0 radical (unpaired) electrons. The number of nitrogens with one attached hydrogen (secondary N) is 1. The van der Waals surface area contributed by atoms with Crippen LogP contribution in [-0.2, 0) is 9.57 Å². The molecule has 0 bridgehead atoms. The minimum atomic E-state index is -0.460. The van der Waals surface area contributed by atoms with E-state index in [1.54, 1.807) is 0 Å². The quantitative estimate of drug-likeness (QED) is 0.796. The number of amides is 1. The molecular weight excluding hydrogens is 280 g/mol. The van der Waals surface area contributed by atoms with Crippen molar-refractivity contribution in [3.05, 3.63) is 0 Å². The largest absolute Gasteiger partial charge is 0.444 e. The normalized spacial score (nSPS) is 29.1. The first-order valence-corrected chi connectivity index (χ1v) is 8.48. The standard InChI is InChI=1S/C17H30N2O3/c1-16(2,3)21-15(20)18-17(4)11-9-14(10-12-17)22-19-13-7-5-6-8-13/h14H,5-12H2,1-4H3,(H,18,20). The van der Waals surface area contributed by atoms with E-state index in [2.05, 4.69) is 17.4 Å². The van der Waals surface area contributed by atoms with Gasteiger partial charge >= 0.3 is 6.09 Å². The summed E-state index contributed by atoms with van der Waals surface area (Å²) in [6.07, 6.45) is 8.13. The van der Waals surface area contributed by atoms with E-state index in [9.17, 15) is 4.79 Å². The van der Waals surface area contributed by atoms with Crippen LogP contribution in [0.25, 0.3) is 0 Å². The van der Waals surface area contributed by atoms with E-state index in [-0.39, 0.29) is 17.7 Å². The summed E-state index contributed by atoms with van der Waals surface area (Å²) in [5, 5.41) is 7.33. The summed E-state index contributed by atoms with van der Waals surface area (Å²) in [6.45, 7) is 7.71. The second kappa shape index (κ2) is 6.88. The van der Waals surface area contributed by atoms with E-state index in [0.29, 0.717) is 0 Å². The average Bonchev–Trinajstić information content (AvgIpc) is 2.88. The van der Waals surface area contributed by atoms with Gasteiger partial charge in [0.05, 0.1) is 5.71 Å². The average molecular weight is 310 g/mol. The molecule has 2 fully saturated rings. The predicted octanol–water partition coefficient (Wildman–Crippen LogP) is 4.16. The molecule has 0 saturated heterocycles. The molecule has 0 heterocycles. The van der Waals surface area contributed by atoms with E-state index in [1.165, 1.54) is 18.6 Å². The van der Waals surface area contributed by atoms with Crippen LogP contribution in [0.5, 0.6) is 0 Å². The lowest BCUT2D eigenvalue weighted by Crippen LogP contribution is -2.50. The SMILES string of the molecule is CC1(NC(=O)OC(C)(C)C)CCC(ON=C2CCCC2)CC1. The van der Waals surface area contributed by atoms with Crippen molar-refractivity contribution in [1.29, 1.82) is 0 Å². The maximum atomic E-state index is 11.9. The summed E-state index contributed by atoms with van der Waals surface area (Å²) in [4.78, 5) is 17.6. The highest BCUT2D eigenvalue weighted by Crippen LogP contribution is 2.30. The van der Waals surface area contributed by atoms with Gasteiger partial charge in [-0.25, -0.2) is 4.79 Å². The molecule has 0 spiro atoms. The molecular formula is C17H30N2O3. The highest BCUT2D eigenvalue weighted by atomic mass is 16.6. The van der Waals surface area contributed by atoms with Gasteiger partial charge < -0.3 is 14.9 Å². The van der Waals surface area contributed by atoms with Crippen LogP contribution in [0.1, 0.15) is 79.1 Å². The molecule has 2 saturated carbocycles. The first-order chi connectivity index (χ1) is 10.3. The number of alkyl carbamates (subject to hydrolysis) is 1. The van der Waals surface area contributed by atoms with Crippen molar-refractivity contribution in [2.24, 2.45) is 5.16 Å². The molecule has 1 N–H and O–H groups in total. The van der Waals surface area contributed by atoms with Gasteiger partial charge in [0, 0.05) is 5.54 Å². The van der Waals surface area contributed by atoms with Crippen molar-refractivity contribution in [3.8, 4) is 0 Å². The van der Waals surface area contributed by atoms with E-state index < -0.39 is 5.60 Å². The molecule has 0 aromatic heterocycles. The number of rotatable bonds is 3. The van der Waals surface area contributed by atoms with Crippen molar-refractivity contribution in [1.82, 2.24) is 5.32 Å². The molecule has 2 aliphatic carbocycles. The Bertz CT molecular complexity index is 410. The Morgan fingerprint density at radius 1 is 1.23 bits per heavy atom. The van der Waals surface area contributed by atoms with Gasteiger partial charge in [-0.15, -0.1) is 0 Å². The van der Waals surface area contributed by atoms with Gasteiger partial charge in [0.2, 0.25) is 0 Å². The second-order valence-corrected chi connectivity index (χ2v) is 7.86. The Labute approximate surface area is 133 Å². The van der Waals surface area contributed by atoms with Crippen LogP contribution in [-0.4, -0.2) is 29.0 Å². The monoisotopic (exact) mass is 310 g/mol. The zero-order chi connectivity index (χ0) is 16.2. The lowest BCUT2D eigenvalue weighted by Gasteiger charge is -2.37. The lowest BCUT2D eigenvalue weighted by atomic mass is 9.82. The number of oxime groups is 1. The molecule has 5 nitrogen and oxygen atoms in total. The fourth-order valence-corrected chi connectivity index (χ4v) is 3.03. The number of hydrogen-bond acceptors (Lipinski definition) is 4. The van der Waals surface area contributed by atoms with E-state index in [0.717, 1.165) is 38.5 Å². The lowest BCUT2D eigenvalue weighted by molar-refractivity contribution is 0.00685. The Morgan fingerprint density at radius 2 is 1.82 bits per heavy atom. The molecule has 126 valence electrons. The summed E-state index contributed by atoms with van der Waals surface area (Å²) in [5.74, 6) is 0. The van der Waals surface area contributed by atoms with Crippen LogP contribution >= 0.6 is 0 Å². The zero-order valence-electron chi connectivity index (χ0n) is 14.4. The Hall–Kier alpha value is -1.26. The molecule has 22 heavy (non-hydrogen) atoms. The van der Waals surface area contributed by atoms with Gasteiger partial charge in [0.25, 0.3) is 0 Å². The second-order valence-electron chi connectivity index (χ2n) is 7.86. The summed E-state index contributed by atoms with van der Waals surface area (Å²) >= 11 is 0. The minimum absolute atomic E-state index is 0.182. The topological polar surface area (TPSA) is 59.9 Å². The van der Waals surface area contributed by atoms with Gasteiger partial charge in [-0.2, -0.15) is 0 Å². The first kappa shape index (κ1) is 17.1. The van der Waals surface area contributed by atoms with Crippen LogP contribution in [0.4, 0.5) is 4.79 Å². The van der Waals surface area contributed by atoms with Gasteiger partial charge in [0.1, 0.15) is 11.7 Å². The summed E-state index contributed by atoms with van der Waals surface area (Å²) in [7, 11) is 0. The molecule has 0 unspecified atom stereocenters. The summed E-state index contributed by atoms with van der Waals surface area (Å²) in [6, 6.07) is 0. The number of carbonyl (C=O) groups is 1. The summed E-state index contributed by atoms with van der Waals surface area (Å²) in [5.41, 5.74) is 0.543. The molecule has 2 rings (SSSR count). The zero-order valence-corrected chi connectivity index (χ0v) is 14.4. The molecule has 0 atom stereocenters. The van der Waals surface area contributed by atoms with Crippen LogP contribution in [0, 0.1) is 0 Å². The van der Waals surface area contributed by atoms with Crippen molar-refractivity contribution in [2.45, 2.75) is 96.3 Å². The maximum absolute atomic E-state index is 11.9. The first-order valence-electron chi connectivity index (χ1n) is 8.48. The third-order valence-electron chi connectivity index (χ3n) is 4.35. The van der Waals surface area contributed by atoms with Gasteiger partial charge in [-0.1, -0.05) is 5.16 Å². The van der Waals surface area contributed by atoms with Gasteiger partial charge in [-0.3, -0.25) is 0 Å². The third kappa shape index (κ3) is 5.50. The molecule has 0 aromatic rings. The minimum Gasteiger partial charge on any atom is -0.444 e. The molecule has 0 aromatic carbocycles. The van der Waals surface area contributed by atoms with Crippen LogP contribution in [0.2, 0.25) is 0 Å². The number of ether oxygens (including phenoxy) is 1. The molecule has 0 aliphatic heterocycles. The van der Waals surface area contributed by atoms with E-state index in [4.69, 9.17) is 9.57 Å². The van der Waals surface area contributed by atoms with E-state index in [1.807, 2.05) is 20.8 Å². The van der Waals surface area contributed by atoms with Crippen molar-refractivity contribution >= 4 is 11.8 Å². The number of carbonyl (C=O) groups excluding carboxylic acids is 1. The molecule has 1 amide bonds. The Kier molecular flexibility index (Phi) is 5.35. The van der Waals surface area contributed by atoms with Gasteiger partial charge in [0.15, 0.2) is 0 Å². The molecule has 5 heteroatoms. The fourth-order valence-electron chi connectivity index (χ4n) is 3.03. The van der Waals surface area contributed by atoms with Crippen LogP contribution < -0.4 is 5.32 Å². The van der Waals surface area contributed by atoms with Crippen LogP contribution in [0.3, 0.4) is 0 Å². The van der Waals surface area contributed by atoms with Crippen molar-refractivity contribution in [3.63, 3.8) is 0 Å². The Morgan fingerprint density at radius 3 is 2.36 bits per heavy atom. The number of nitrogens with zero attached hydrogens (tertiary/aromatic N) is 1. The van der Waals surface area contributed by atoms with Crippen molar-refractivity contribution in [2.75, 3.05) is 0 Å². The highest BCUT2D eigenvalue weighted by molar-refractivity contribution is 5.85. The fraction of sp³-hybridized carbons (Fsp3) is 0.882. The third-order valence-corrected chi connectivity index (χ3v) is 4.35.